The Labute approximate surface area is 107 Å². The van der Waals surface area contributed by atoms with Crippen LogP contribution in [0.3, 0.4) is 0 Å². The summed E-state index contributed by atoms with van der Waals surface area (Å²) < 4.78 is 0. The highest BCUT2D eigenvalue weighted by Gasteiger charge is 2.37. The van der Waals surface area contributed by atoms with E-state index in [4.69, 9.17) is 0 Å². The summed E-state index contributed by atoms with van der Waals surface area (Å²) in [6.45, 7) is 15.1. The van der Waals surface area contributed by atoms with Crippen molar-refractivity contribution in [1.82, 2.24) is 9.80 Å². The molecule has 102 valence electrons. The van der Waals surface area contributed by atoms with Crippen molar-refractivity contribution in [3.05, 3.63) is 0 Å². The smallest absolute Gasteiger partial charge is 0.0446 e. The van der Waals surface area contributed by atoms with Crippen LogP contribution in [0.1, 0.15) is 41.0 Å². The maximum Gasteiger partial charge on any atom is 0.0446 e. The summed E-state index contributed by atoms with van der Waals surface area (Å²) in [5.74, 6) is 0. The second kappa shape index (κ2) is 5.25. The lowest BCUT2D eigenvalue weighted by Crippen LogP contribution is -2.52. The number of hydrogen-bond donors (Lipinski definition) is 1. The van der Waals surface area contributed by atoms with Gasteiger partial charge in [-0.3, -0.25) is 4.90 Å². The lowest BCUT2D eigenvalue weighted by molar-refractivity contribution is 0.0470. The summed E-state index contributed by atoms with van der Waals surface area (Å²) in [6, 6.07) is 0.465. The molecule has 1 aliphatic heterocycles. The largest absolute Gasteiger partial charge is 0.396 e. The van der Waals surface area contributed by atoms with E-state index in [2.05, 4.69) is 51.5 Å². The maximum atomic E-state index is 9.27. The number of nitrogens with zero attached hydrogens (tertiary/aromatic N) is 2. The third kappa shape index (κ3) is 4.23. The minimum Gasteiger partial charge on any atom is -0.396 e. The van der Waals surface area contributed by atoms with Crippen molar-refractivity contribution in [1.29, 1.82) is 0 Å². The predicted molar refractivity (Wildman–Crippen MR) is 73.2 cm³/mol. The van der Waals surface area contributed by atoms with Crippen molar-refractivity contribution in [3.63, 3.8) is 0 Å². The van der Waals surface area contributed by atoms with Crippen LogP contribution in [0.2, 0.25) is 0 Å². The van der Waals surface area contributed by atoms with Crippen LogP contribution < -0.4 is 0 Å². The molecule has 1 saturated heterocycles. The van der Waals surface area contributed by atoms with Crippen LogP contribution in [-0.4, -0.2) is 59.8 Å². The Balaban J connectivity index is 2.93. The molecule has 1 fully saturated rings. The molecule has 0 aromatic heterocycles. The summed E-state index contributed by atoms with van der Waals surface area (Å²) in [5, 5.41) is 9.27. The molecule has 3 nitrogen and oxygen atoms in total. The van der Waals surface area contributed by atoms with Gasteiger partial charge in [0.1, 0.15) is 0 Å². The first-order valence-corrected chi connectivity index (χ1v) is 6.72. The molecule has 1 N–H and O–H groups in total. The number of aliphatic hydroxyl groups is 1. The Bertz CT molecular complexity index is 245. The molecule has 0 aliphatic carbocycles. The molecule has 0 aromatic carbocycles. The standard InChI is InChI=1S/C14H30N2O/c1-13(2,3)16-11-14(4,5)10-15(6)9-12(16)7-8-17/h12,17H,7-11H2,1-6H3. The van der Waals surface area contributed by atoms with Crippen molar-refractivity contribution >= 4 is 0 Å². The Morgan fingerprint density at radius 3 is 2.29 bits per heavy atom. The predicted octanol–water partition coefficient (Wildman–Crippen LogP) is 1.81. The zero-order valence-corrected chi connectivity index (χ0v) is 12.5. The molecule has 3 heteroatoms. The molecule has 1 atom stereocenters. The molecule has 0 radical (unpaired) electrons. The van der Waals surface area contributed by atoms with E-state index < -0.39 is 0 Å². The van der Waals surface area contributed by atoms with E-state index in [1.165, 1.54) is 0 Å². The van der Waals surface area contributed by atoms with Gasteiger partial charge >= 0.3 is 0 Å². The van der Waals surface area contributed by atoms with E-state index in [-0.39, 0.29) is 12.1 Å². The van der Waals surface area contributed by atoms with E-state index in [1.807, 2.05) is 0 Å². The lowest BCUT2D eigenvalue weighted by Gasteiger charge is -2.43. The van der Waals surface area contributed by atoms with E-state index in [0.29, 0.717) is 11.5 Å². The van der Waals surface area contributed by atoms with Crippen LogP contribution in [0.4, 0.5) is 0 Å². The Kier molecular flexibility index (Phi) is 4.61. The normalized spacial score (nSPS) is 28.1. The van der Waals surface area contributed by atoms with Gasteiger partial charge in [0, 0.05) is 37.8 Å². The van der Waals surface area contributed by atoms with Gasteiger partial charge in [-0.25, -0.2) is 0 Å². The fourth-order valence-corrected chi connectivity index (χ4v) is 3.07. The summed E-state index contributed by atoms with van der Waals surface area (Å²) in [6.07, 6.45) is 0.873. The van der Waals surface area contributed by atoms with Gasteiger partial charge in [-0.15, -0.1) is 0 Å². The first-order valence-electron chi connectivity index (χ1n) is 6.72. The average Bonchev–Trinajstić information content (AvgIpc) is 2.21. The van der Waals surface area contributed by atoms with Crippen LogP contribution in [0.5, 0.6) is 0 Å². The summed E-state index contributed by atoms with van der Waals surface area (Å²) in [7, 11) is 2.19. The zero-order chi connectivity index (χ0) is 13.3. The van der Waals surface area contributed by atoms with Gasteiger partial charge in [0.05, 0.1) is 0 Å². The summed E-state index contributed by atoms with van der Waals surface area (Å²) in [4.78, 5) is 4.98. The SMILES string of the molecule is CN1CC(CCO)N(C(C)(C)C)CC(C)(C)C1. The minimum absolute atomic E-state index is 0.169. The summed E-state index contributed by atoms with van der Waals surface area (Å²) >= 11 is 0. The Morgan fingerprint density at radius 1 is 1.24 bits per heavy atom. The second-order valence-corrected chi connectivity index (χ2v) is 7.33. The number of rotatable bonds is 2. The molecule has 0 amide bonds. The van der Waals surface area contributed by atoms with Gasteiger partial charge in [-0.2, -0.15) is 0 Å². The monoisotopic (exact) mass is 242 g/mol. The number of aliphatic hydroxyl groups excluding tert-OH is 1. The molecule has 0 bridgehead atoms. The molecule has 1 heterocycles. The van der Waals surface area contributed by atoms with Crippen LogP contribution in [0.25, 0.3) is 0 Å². The molecular weight excluding hydrogens is 212 g/mol. The van der Waals surface area contributed by atoms with Crippen LogP contribution in [0, 0.1) is 5.41 Å². The highest BCUT2D eigenvalue weighted by molar-refractivity contribution is 4.92. The van der Waals surface area contributed by atoms with E-state index in [9.17, 15) is 5.11 Å². The molecule has 1 rings (SSSR count). The van der Waals surface area contributed by atoms with E-state index in [0.717, 1.165) is 26.1 Å². The van der Waals surface area contributed by atoms with Crippen molar-refractivity contribution in [2.75, 3.05) is 33.3 Å². The van der Waals surface area contributed by atoms with Crippen LogP contribution in [-0.2, 0) is 0 Å². The number of hydrogen-bond acceptors (Lipinski definition) is 3. The minimum atomic E-state index is 0.169. The van der Waals surface area contributed by atoms with Crippen molar-refractivity contribution in [2.45, 2.75) is 52.6 Å². The molecule has 0 spiro atoms. The summed E-state index contributed by atoms with van der Waals surface area (Å²) in [5.41, 5.74) is 0.481. The zero-order valence-electron chi connectivity index (χ0n) is 12.5. The highest BCUT2D eigenvalue weighted by Crippen LogP contribution is 2.30. The molecule has 0 aromatic rings. The first-order chi connectivity index (χ1) is 7.65. The van der Waals surface area contributed by atoms with Crippen LogP contribution in [0.15, 0.2) is 0 Å². The van der Waals surface area contributed by atoms with Gasteiger partial charge in [0.25, 0.3) is 0 Å². The van der Waals surface area contributed by atoms with Gasteiger partial charge in [0.15, 0.2) is 0 Å². The Morgan fingerprint density at radius 2 is 1.82 bits per heavy atom. The van der Waals surface area contributed by atoms with Crippen LogP contribution >= 0.6 is 0 Å². The van der Waals surface area contributed by atoms with Crippen molar-refractivity contribution < 1.29 is 5.11 Å². The third-order valence-corrected chi connectivity index (χ3v) is 3.58. The number of likely N-dealkylation sites (N-methyl/N-ethyl adjacent to an activating group) is 1. The van der Waals surface area contributed by atoms with Crippen molar-refractivity contribution in [2.24, 2.45) is 5.41 Å². The van der Waals surface area contributed by atoms with E-state index in [1.54, 1.807) is 0 Å². The maximum absolute atomic E-state index is 9.27. The lowest BCUT2D eigenvalue weighted by atomic mass is 9.90. The highest BCUT2D eigenvalue weighted by atomic mass is 16.3. The second-order valence-electron chi connectivity index (χ2n) is 7.33. The fourth-order valence-electron chi connectivity index (χ4n) is 3.07. The molecule has 1 unspecified atom stereocenters. The fraction of sp³-hybridized carbons (Fsp3) is 1.00. The molecular formula is C14H30N2O. The molecule has 0 saturated carbocycles. The third-order valence-electron chi connectivity index (χ3n) is 3.58. The van der Waals surface area contributed by atoms with Gasteiger partial charge in [-0.05, 0) is 39.7 Å². The topological polar surface area (TPSA) is 26.7 Å². The van der Waals surface area contributed by atoms with E-state index >= 15 is 0 Å². The molecule has 1 aliphatic rings. The van der Waals surface area contributed by atoms with Gasteiger partial charge < -0.3 is 10.0 Å². The Hall–Kier alpha value is -0.120. The quantitative estimate of drug-likeness (QED) is 0.800. The van der Waals surface area contributed by atoms with Crippen molar-refractivity contribution in [3.8, 4) is 0 Å². The average molecular weight is 242 g/mol. The first kappa shape index (κ1) is 14.9. The van der Waals surface area contributed by atoms with Gasteiger partial charge in [0.2, 0.25) is 0 Å². The molecule has 17 heavy (non-hydrogen) atoms. The van der Waals surface area contributed by atoms with Gasteiger partial charge in [-0.1, -0.05) is 13.8 Å².